The summed E-state index contributed by atoms with van der Waals surface area (Å²) in [5, 5.41) is 3.85. The third-order valence-electron chi connectivity index (χ3n) is 3.53. The van der Waals surface area contributed by atoms with Crippen molar-refractivity contribution in [3.63, 3.8) is 0 Å². The van der Waals surface area contributed by atoms with Crippen LogP contribution in [0.1, 0.15) is 24.3 Å². The van der Waals surface area contributed by atoms with Crippen molar-refractivity contribution in [3.05, 3.63) is 77.8 Å². The van der Waals surface area contributed by atoms with Crippen molar-refractivity contribution in [3.8, 4) is 0 Å². The summed E-state index contributed by atoms with van der Waals surface area (Å²) in [5.74, 6) is 0.169. The van der Waals surface area contributed by atoms with Crippen molar-refractivity contribution in [1.29, 1.82) is 0 Å². The molecule has 0 saturated carbocycles. The molecule has 0 spiro atoms. The molecule has 0 unspecified atom stereocenters. The Hall–Kier alpha value is -2.88. The summed E-state index contributed by atoms with van der Waals surface area (Å²) in [5.41, 5.74) is 1.56. The molecule has 0 aliphatic carbocycles. The van der Waals surface area contributed by atoms with E-state index in [0.29, 0.717) is 5.76 Å². The minimum atomic E-state index is -0.301. The van der Waals surface area contributed by atoms with Gasteiger partial charge in [-0.3, -0.25) is 4.79 Å². The third-order valence-corrected chi connectivity index (χ3v) is 3.53. The van der Waals surface area contributed by atoms with Crippen LogP contribution in [0.5, 0.6) is 0 Å². The number of para-hydroxylation sites is 1. The van der Waals surface area contributed by atoms with Crippen molar-refractivity contribution in [2.45, 2.75) is 13.0 Å². The Morgan fingerprint density at radius 1 is 1.17 bits per heavy atom. The Kier molecular flexibility index (Phi) is 4.24. The average Bonchev–Trinajstić information content (AvgIpc) is 2.98. The van der Waals surface area contributed by atoms with Gasteiger partial charge in [0.1, 0.15) is 17.2 Å². The van der Waals surface area contributed by atoms with E-state index >= 15 is 0 Å². The molecule has 2 aromatic carbocycles. The number of halogens is 1. The minimum Gasteiger partial charge on any atom is -0.459 e. The molecule has 0 fully saturated rings. The summed E-state index contributed by atoms with van der Waals surface area (Å²) in [6.07, 6.45) is 3.06. The molecular formula is C19H16FNO2. The number of hydrogen-bond acceptors (Lipinski definition) is 2. The zero-order valence-electron chi connectivity index (χ0n) is 12.6. The van der Waals surface area contributed by atoms with Crippen molar-refractivity contribution in [2.75, 3.05) is 0 Å². The van der Waals surface area contributed by atoms with Gasteiger partial charge >= 0.3 is 0 Å². The highest BCUT2D eigenvalue weighted by atomic mass is 19.1. The van der Waals surface area contributed by atoms with Crippen LogP contribution < -0.4 is 5.32 Å². The highest BCUT2D eigenvalue weighted by Crippen LogP contribution is 2.23. The number of hydrogen-bond donors (Lipinski definition) is 1. The summed E-state index contributed by atoms with van der Waals surface area (Å²) in [6.45, 7) is 1.86. The van der Waals surface area contributed by atoms with Crippen LogP contribution in [0.25, 0.3) is 17.0 Å². The fraction of sp³-hybridized carbons (Fsp3) is 0.105. The lowest BCUT2D eigenvalue weighted by Gasteiger charge is -2.09. The molecule has 0 bridgehead atoms. The van der Waals surface area contributed by atoms with Gasteiger partial charge in [0.25, 0.3) is 0 Å². The second kappa shape index (κ2) is 6.48. The molecule has 3 nitrogen and oxygen atoms in total. The number of carbonyl (C=O) groups excluding carboxylic acids is 1. The molecule has 1 aromatic heterocycles. The molecule has 23 heavy (non-hydrogen) atoms. The quantitative estimate of drug-likeness (QED) is 0.723. The predicted molar refractivity (Wildman–Crippen MR) is 88.2 cm³/mol. The molecule has 1 amide bonds. The van der Waals surface area contributed by atoms with Gasteiger partial charge in [-0.05, 0) is 42.8 Å². The topological polar surface area (TPSA) is 42.2 Å². The second-order valence-corrected chi connectivity index (χ2v) is 5.30. The molecule has 1 heterocycles. The Morgan fingerprint density at radius 3 is 2.65 bits per heavy atom. The molecule has 1 atom stereocenters. The molecule has 0 saturated heterocycles. The van der Waals surface area contributed by atoms with Gasteiger partial charge in [0.15, 0.2) is 0 Å². The summed E-state index contributed by atoms with van der Waals surface area (Å²) < 4.78 is 18.5. The van der Waals surface area contributed by atoms with E-state index in [1.807, 2.05) is 37.3 Å². The number of nitrogens with one attached hydrogen (secondary N) is 1. The van der Waals surface area contributed by atoms with Crippen LogP contribution in [0.4, 0.5) is 4.39 Å². The monoisotopic (exact) mass is 309 g/mol. The predicted octanol–water partition coefficient (Wildman–Crippen LogP) is 4.46. The lowest BCUT2D eigenvalue weighted by molar-refractivity contribution is -0.117. The van der Waals surface area contributed by atoms with Crippen LogP contribution >= 0.6 is 0 Å². The van der Waals surface area contributed by atoms with E-state index < -0.39 is 0 Å². The van der Waals surface area contributed by atoms with E-state index in [1.165, 1.54) is 18.2 Å². The summed E-state index contributed by atoms with van der Waals surface area (Å²) >= 11 is 0. The molecule has 0 radical (unpaired) electrons. The number of fused-ring (bicyclic) bond motifs is 1. The summed E-state index contributed by atoms with van der Waals surface area (Å²) in [7, 11) is 0. The zero-order valence-corrected chi connectivity index (χ0v) is 12.6. The number of rotatable bonds is 4. The van der Waals surface area contributed by atoms with Crippen LogP contribution in [0, 0.1) is 5.82 Å². The van der Waals surface area contributed by atoms with Crippen LogP contribution in [-0.4, -0.2) is 5.91 Å². The zero-order chi connectivity index (χ0) is 16.2. The van der Waals surface area contributed by atoms with Gasteiger partial charge in [-0.2, -0.15) is 0 Å². The lowest BCUT2D eigenvalue weighted by atomic mass is 10.2. The minimum absolute atomic E-state index is 0.234. The van der Waals surface area contributed by atoms with Gasteiger partial charge in [0, 0.05) is 11.5 Å². The van der Waals surface area contributed by atoms with Gasteiger partial charge in [-0.1, -0.05) is 30.3 Å². The molecule has 3 aromatic rings. The Balaban J connectivity index is 1.65. The van der Waals surface area contributed by atoms with Gasteiger partial charge in [0.05, 0.1) is 6.04 Å². The molecule has 0 aliphatic rings. The van der Waals surface area contributed by atoms with Gasteiger partial charge in [0.2, 0.25) is 5.91 Å². The molecule has 116 valence electrons. The molecule has 4 heteroatoms. The first-order chi connectivity index (χ1) is 11.1. The Morgan fingerprint density at radius 2 is 1.91 bits per heavy atom. The third kappa shape index (κ3) is 3.66. The average molecular weight is 309 g/mol. The van der Waals surface area contributed by atoms with Crippen molar-refractivity contribution >= 4 is 23.0 Å². The van der Waals surface area contributed by atoms with Crippen LogP contribution in [-0.2, 0) is 4.79 Å². The maximum atomic E-state index is 12.8. The molecule has 1 N–H and O–H groups in total. The van der Waals surface area contributed by atoms with Crippen LogP contribution in [0.3, 0.4) is 0 Å². The molecule has 3 rings (SSSR count). The first kappa shape index (κ1) is 15.0. The normalized spacial score (nSPS) is 12.6. The second-order valence-electron chi connectivity index (χ2n) is 5.30. The summed E-state index contributed by atoms with van der Waals surface area (Å²) in [4.78, 5) is 12.0. The highest BCUT2D eigenvalue weighted by Gasteiger charge is 2.12. The van der Waals surface area contributed by atoms with Gasteiger partial charge < -0.3 is 9.73 Å². The molecular weight excluding hydrogens is 293 g/mol. The number of furan rings is 1. The number of carbonyl (C=O) groups is 1. The maximum absolute atomic E-state index is 12.8. The Bertz CT molecular complexity index is 816. The smallest absolute Gasteiger partial charge is 0.244 e. The fourth-order valence-corrected chi connectivity index (χ4v) is 2.29. The highest BCUT2D eigenvalue weighted by molar-refractivity contribution is 5.92. The van der Waals surface area contributed by atoms with Crippen LogP contribution in [0.15, 0.2) is 65.1 Å². The van der Waals surface area contributed by atoms with Gasteiger partial charge in [-0.25, -0.2) is 4.39 Å². The largest absolute Gasteiger partial charge is 0.459 e. The van der Waals surface area contributed by atoms with Crippen molar-refractivity contribution in [2.24, 2.45) is 0 Å². The van der Waals surface area contributed by atoms with Crippen molar-refractivity contribution in [1.82, 2.24) is 5.32 Å². The fourth-order valence-electron chi connectivity index (χ4n) is 2.29. The van der Waals surface area contributed by atoms with E-state index in [1.54, 1.807) is 18.2 Å². The number of amides is 1. The van der Waals surface area contributed by atoms with Gasteiger partial charge in [-0.15, -0.1) is 0 Å². The van der Waals surface area contributed by atoms with E-state index in [4.69, 9.17) is 4.42 Å². The summed E-state index contributed by atoms with van der Waals surface area (Å²) in [6, 6.07) is 15.3. The first-order valence-corrected chi connectivity index (χ1v) is 7.34. The number of benzene rings is 2. The maximum Gasteiger partial charge on any atom is 0.244 e. The standard InChI is InChI=1S/C19H16FNO2/c1-13(18-12-15-4-2-3-5-17(15)23-18)21-19(22)11-8-14-6-9-16(20)10-7-14/h2-13H,1H3,(H,21,22)/b11-8+/t13-/m1/s1. The van der Waals surface area contributed by atoms with Crippen molar-refractivity contribution < 1.29 is 13.6 Å². The molecule has 0 aliphatic heterocycles. The Labute approximate surface area is 133 Å². The first-order valence-electron chi connectivity index (χ1n) is 7.34. The van der Waals surface area contributed by atoms with Crippen LogP contribution in [0.2, 0.25) is 0 Å². The van der Waals surface area contributed by atoms with E-state index in [9.17, 15) is 9.18 Å². The van der Waals surface area contributed by atoms with E-state index in [-0.39, 0.29) is 17.8 Å². The van der Waals surface area contributed by atoms with E-state index in [2.05, 4.69) is 5.32 Å². The van der Waals surface area contributed by atoms with E-state index in [0.717, 1.165) is 16.5 Å². The lowest BCUT2D eigenvalue weighted by Crippen LogP contribution is -2.24. The SMILES string of the molecule is C[C@@H](NC(=O)/C=C/c1ccc(F)cc1)c1cc2ccccc2o1.